The van der Waals surface area contributed by atoms with Gasteiger partial charge >= 0.3 is 0 Å². The maximum absolute atomic E-state index is 13.1. The van der Waals surface area contributed by atoms with Crippen LogP contribution in [0.3, 0.4) is 0 Å². The molecule has 1 rings (SSSR count). The first-order valence-corrected chi connectivity index (χ1v) is 5.56. The van der Waals surface area contributed by atoms with Gasteiger partial charge in [0.25, 0.3) is 0 Å². The van der Waals surface area contributed by atoms with Gasteiger partial charge in [-0.25, -0.2) is 4.39 Å². The molecule has 1 aromatic carbocycles. The summed E-state index contributed by atoms with van der Waals surface area (Å²) in [4.78, 5) is 0. The van der Waals surface area contributed by atoms with Gasteiger partial charge in [-0.15, -0.1) is 12.3 Å². The van der Waals surface area contributed by atoms with Crippen LogP contribution in [-0.4, -0.2) is 6.04 Å². The van der Waals surface area contributed by atoms with Gasteiger partial charge in [-0.2, -0.15) is 5.26 Å². The molecular weight excluding hydrogens is 215 g/mol. The molecule has 1 N–H and O–H groups in total. The van der Waals surface area contributed by atoms with Gasteiger partial charge in [-0.05, 0) is 30.2 Å². The van der Waals surface area contributed by atoms with Crippen molar-refractivity contribution in [1.82, 2.24) is 5.32 Å². The van der Waals surface area contributed by atoms with E-state index in [-0.39, 0.29) is 11.9 Å². The molecule has 0 fully saturated rings. The van der Waals surface area contributed by atoms with Crippen molar-refractivity contribution in [2.45, 2.75) is 32.4 Å². The number of benzene rings is 1. The maximum atomic E-state index is 13.1. The van der Waals surface area contributed by atoms with Gasteiger partial charge in [0.15, 0.2) is 0 Å². The third kappa shape index (κ3) is 3.90. The number of terminal acetylenes is 1. The molecule has 0 amide bonds. The van der Waals surface area contributed by atoms with Crippen molar-refractivity contribution in [2.75, 3.05) is 0 Å². The smallest absolute Gasteiger partial charge is 0.123 e. The Morgan fingerprint density at radius 2 is 2.29 bits per heavy atom. The second kappa shape index (κ2) is 6.68. The van der Waals surface area contributed by atoms with Gasteiger partial charge in [0, 0.05) is 19.0 Å². The summed E-state index contributed by atoms with van der Waals surface area (Å²) in [5.41, 5.74) is 1.16. The van der Waals surface area contributed by atoms with Crippen LogP contribution in [0.25, 0.3) is 0 Å². The predicted molar refractivity (Wildman–Crippen MR) is 65.5 cm³/mol. The van der Waals surface area contributed by atoms with Gasteiger partial charge in [0.1, 0.15) is 5.82 Å². The fourth-order valence-electron chi connectivity index (χ4n) is 1.58. The standard InChI is InChI=1S/C14H15FN2/c1-3-5-14(4-2)17-10-12-8-13(15)7-6-11(12)9-16/h1,6-8,14,17H,4-5,10H2,2H3. The van der Waals surface area contributed by atoms with E-state index in [0.29, 0.717) is 24.1 Å². The predicted octanol–water partition coefficient (Wildman–Crippen LogP) is 2.59. The third-order valence-corrected chi connectivity index (χ3v) is 2.63. The molecule has 1 aromatic rings. The molecule has 0 aliphatic carbocycles. The number of nitrogens with zero attached hydrogens (tertiary/aromatic N) is 1. The van der Waals surface area contributed by atoms with Gasteiger partial charge in [-0.1, -0.05) is 6.92 Å². The summed E-state index contributed by atoms with van der Waals surface area (Å²) in [5.74, 6) is 2.27. The number of halogens is 1. The molecular formula is C14H15FN2. The van der Waals surface area contributed by atoms with E-state index >= 15 is 0 Å². The van der Waals surface area contributed by atoms with Crippen molar-refractivity contribution in [3.05, 3.63) is 35.1 Å². The van der Waals surface area contributed by atoms with E-state index < -0.39 is 0 Å². The van der Waals surface area contributed by atoms with Crippen LogP contribution in [0.15, 0.2) is 18.2 Å². The molecule has 0 saturated heterocycles. The molecule has 88 valence electrons. The van der Waals surface area contributed by atoms with E-state index in [1.807, 2.05) is 13.0 Å². The van der Waals surface area contributed by atoms with Crippen molar-refractivity contribution in [3.63, 3.8) is 0 Å². The maximum Gasteiger partial charge on any atom is 0.123 e. The van der Waals surface area contributed by atoms with Crippen molar-refractivity contribution >= 4 is 0 Å². The van der Waals surface area contributed by atoms with Crippen LogP contribution in [0.2, 0.25) is 0 Å². The summed E-state index contributed by atoms with van der Waals surface area (Å²) >= 11 is 0. The lowest BCUT2D eigenvalue weighted by Gasteiger charge is -2.14. The Labute approximate surface area is 101 Å². The highest BCUT2D eigenvalue weighted by Crippen LogP contribution is 2.11. The average molecular weight is 230 g/mol. The van der Waals surface area contributed by atoms with Crippen LogP contribution < -0.4 is 5.32 Å². The number of hydrogen-bond acceptors (Lipinski definition) is 2. The van der Waals surface area contributed by atoms with Crippen LogP contribution in [-0.2, 0) is 6.54 Å². The Kier molecular flexibility index (Phi) is 5.20. The Balaban J connectivity index is 2.72. The normalized spacial score (nSPS) is 11.5. The first-order chi connectivity index (χ1) is 8.21. The molecule has 0 aliphatic heterocycles. The van der Waals surface area contributed by atoms with Crippen molar-refractivity contribution < 1.29 is 4.39 Å². The molecule has 1 atom stereocenters. The van der Waals surface area contributed by atoms with Crippen LogP contribution in [0.4, 0.5) is 4.39 Å². The van der Waals surface area contributed by atoms with Crippen LogP contribution in [0, 0.1) is 29.5 Å². The zero-order chi connectivity index (χ0) is 12.7. The molecule has 2 nitrogen and oxygen atoms in total. The molecule has 0 aromatic heterocycles. The zero-order valence-electron chi connectivity index (χ0n) is 9.83. The van der Waals surface area contributed by atoms with E-state index in [0.717, 1.165) is 6.42 Å². The summed E-state index contributed by atoms with van der Waals surface area (Å²) < 4.78 is 13.1. The largest absolute Gasteiger partial charge is 0.309 e. The Hall–Kier alpha value is -1.84. The van der Waals surface area contributed by atoms with Gasteiger partial charge < -0.3 is 5.32 Å². The van der Waals surface area contributed by atoms with E-state index in [9.17, 15) is 4.39 Å². The Morgan fingerprint density at radius 1 is 1.53 bits per heavy atom. The number of nitrogens with one attached hydrogen (secondary N) is 1. The fourth-order valence-corrected chi connectivity index (χ4v) is 1.58. The van der Waals surface area contributed by atoms with Crippen LogP contribution in [0.5, 0.6) is 0 Å². The lowest BCUT2D eigenvalue weighted by Crippen LogP contribution is -2.27. The minimum atomic E-state index is -0.328. The summed E-state index contributed by atoms with van der Waals surface area (Å²) in [6, 6.07) is 6.42. The number of hydrogen-bond donors (Lipinski definition) is 1. The molecule has 0 aliphatic rings. The molecule has 17 heavy (non-hydrogen) atoms. The van der Waals surface area contributed by atoms with Gasteiger partial charge in [0.2, 0.25) is 0 Å². The SMILES string of the molecule is C#CCC(CC)NCc1cc(F)ccc1C#N. The summed E-state index contributed by atoms with van der Waals surface area (Å²) in [6.45, 7) is 2.49. The van der Waals surface area contributed by atoms with E-state index in [4.69, 9.17) is 11.7 Å². The van der Waals surface area contributed by atoms with E-state index in [2.05, 4.69) is 11.2 Å². The minimum Gasteiger partial charge on any atom is -0.309 e. The first kappa shape index (κ1) is 13.2. The quantitative estimate of drug-likeness (QED) is 0.789. The zero-order valence-corrected chi connectivity index (χ0v) is 9.83. The summed E-state index contributed by atoms with van der Waals surface area (Å²) in [5, 5.41) is 12.1. The molecule has 0 radical (unpaired) electrons. The van der Waals surface area contributed by atoms with Crippen molar-refractivity contribution in [3.8, 4) is 18.4 Å². The minimum absolute atomic E-state index is 0.204. The molecule has 0 heterocycles. The second-order valence-corrected chi connectivity index (χ2v) is 3.81. The molecule has 1 unspecified atom stereocenters. The molecule has 3 heteroatoms. The molecule has 0 saturated carbocycles. The van der Waals surface area contributed by atoms with E-state index in [1.54, 1.807) is 0 Å². The van der Waals surface area contributed by atoms with Crippen molar-refractivity contribution in [2.24, 2.45) is 0 Å². The number of nitriles is 1. The monoisotopic (exact) mass is 230 g/mol. The summed E-state index contributed by atoms with van der Waals surface area (Å²) in [7, 11) is 0. The van der Waals surface area contributed by atoms with Crippen LogP contribution >= 0.6 is 0 Å². The second-order valence-electron chi connectivity index (χ2n) is 3.81. The van der Waals surface area contributed by atoms with Gasteiger partial charge in [0.05, 0.1) is 11.6 Å². The summed E-state index contributed by atoms with van der Waals surface area (Å²) in [6.07, 6.45) is 6.79. The van der Waals surface area contributed by atoms with Gasteiger partial charge in [-0.3, -0.25) is 0 Å². The number of rotatable bonds is 5. The highest BCUT2D eigenvalue weighted by molar-refractivity contribution is 5.37. The lowest BCUT2D eigenvalue weighted by atomic mass is 10.1. The topological polar surface area (TPSA) is 35.8 Å². The van der Waals surface area contributed by atoms with Crippen LogP contribution in [0.1, 0.15) is 30.9 Å². The lowest BCUT2D eigenvalue weighted by molar-refractivity contribution is 0.505. The molecule has 0 bridgehead atoms. The fraction of sp³-hybridized carbons (Fsp3) is 0.357. The first-order valence-electron chi connectivity index (χ1n) is 5.56. The average Bonchev–Trinajstić information content (AvgIpc) is 2.34. The van der Waals surface area contributed by atoms with Crippen molar-refractivity contribution in [1.29, 1.82) is 5.26 Å². The Morgan fingerprint density at radius 3 is 2.88 bits per heavy atom. The molecule has 0 spiro atoms. The Bertz CT molecular complexity index is 454. The van der Waals surface area contributed by atoms with E-state index in [1.165, 1.54) is 18.2 Å². The highest BCUT2D eigenvalue weighted by Gasteiger charge is 2.07. The third-order valence-electron chi connectivity index (χ3n) is 2.63. The highest BCUT2D eigenvalue weighted by atomic mass is 19.1.